The molecule has 0 atom stereocenters. The molecule has 0 fully saturated rings. The zero-order valence-corrected chi connectivity index (χ0v) is 15.2. The van der Waals surface area contributed by atoms with E-state index in [0.717, 1.165) is 6.07 Å². The van der Waals surface area contributed by atoms with Crippen LogP contribution < -0.4 is 10.1 Å². The topological polar surface area (TPSA) is 116 Å². The Morgan fingerprint density at radius 2 is 1.88 bits per heavy atom. The van der Waals surface area contributed by atoms with Gasteiger partial charge in [0, 0.05) is 23.6 Å². The number of carbonyl (C=O) groups is 1. The first-order chi connectivity index (χ1) is 12.2. The minimum atomic E-state index is -3.66. The van der Waals surface area contributed by atoms with Crippen LogP contribution in [-0.2, 0) is 14.6 Å². The third kappa shape index (κ3) is 4.93. The Labute approximate surface area is 154 Å². The van der Waals surface area contributed by atoms with Gasteiger partial charge in [-0.2, -0.15) is 0 Å². The maximum absolute atomic E-state index is 12.2. The lowest BCUT2D eigenvalue weighted by atomic mass is 10.2. The zero-order chi connectivity index (χ0) is 19.3. The second-order valence-corrected chi connectivity index (χ2v) is 7.76. The summed E-state index contributed by atoms with van der Waals surface area (Å²) in [4.78, 5) is 22.4. The number of carbonyl (C=O) groups excluding carboxylic acids is 1. The Morgan fingerprint density at radius 1 is 1.23 bits per heavy atom. The van der Waals surface area contributed by atoms with Gasteiger partial charge in [0.15, 0.2) is 9.84 Å². The first kappa shape index (κ1) is 19.7. The van der Waals surface area contributed by atoms with E-state index >= 15 is 0 Å². The summed E-state index contributed by atoms with van der Waals surface area (Å²) in [5.41, 5.74) is -0.134. The van der Waals surface area contributed by atoms with Crippen molar-refractivity contribution in [2.24, 2.45) is 0 Å². The van der Waals surface area contributed by atoms with Crippen LogP contribution in [0.25, 0.3) is 0 Å². The second kappa shape index (κ2) is 8.15. The molecule has 0 saturated heterocycles. The molecule has 2 aromatic carbocycles. The molecule has 1 amide bonds. The summed E-state index contributed by atoms with van der Waals surface area (Å²) in [6, 6.07) is 9.34. The van der Waals surface area contributed by atoms with E-state index in [9.17, 15) is 23.3 Å². The average Bonchev–Trinajstić information content (AvgIpc) is 2.60. The van der Waals surface area contributed by atoms with Crippen LogP contribution >= 0.6 is 11.6 Å². The normalized spacial score (nSPS) is 11.0. The van der Waals surface area contributed by atoms with Crippen molar-refractivity contribution in [3.8, 4) is 5.75 Å². The monoisotopic (exact) mass is 398 g/mol. The van der Waals surface area contributed by atoms with E-state index in [0.29, 0.717) is 5.02 Å². The number of anilines is 1. The molecule has 0 radical (unpaired) electrons. The standard InChI is InChI=1S/C16H15ClN2O6S/c1-25-15-7-4-12(19(21)22)10-14(15)18-16(20)8-9-26(23,24)13-5-2-11(17)3-6-13/h2-7,10H,8-9H2,1H3,(H,18,20). The molecule has 0 saturated carbocycles. The zero-order valence-electron chi connectivity index (χ0n) is 13.6. The highest BCUT2D eigenvalue weighted by molar-refractivity contribution is 7.91. The first-order valence-electron chi connectivity index (χ1n) is 7.33. The molecule has 0 aliphatic rings. The van der Waals surface area contributed by atoms with Crippen molar-refractivity contribution in [2.45, 2.75) is 11.3 Å². The van der Waals surface area contributed by atoms with Crippen LogP contribution in [0, 0.1) is 10.1 Å². The van der Waals surface area contributed by atoms with Gasteiger partial charge in [-0.05, 0) is 30.3 Å². The first-order valence-corrected chi connectivity index (χ1v) is 9.36. The summed E-state index contributed by atoms with van der Waals surface area (Å²) < 4.78 is 29.5. The van der Waals surface area contributed by atoms with E-state index in [2.05, 4.69) is 5.32 Å². The van der Waals surface area contributed by atoms with Crippen LogP contribution in [0.1, 0.15) is 6.42 Å². The van der Waals surface area contributed by atoms with Crippen LogP contribution in [0.2, 0.25) is 5.02 Å². The Bertz CT molecular complexity index is 928. The van der Waals surface area contributed by atoms with Crippen LogP contribution in [0.15, 0.2) is 47.4 Å². The molecule has 10 heteroatoms. The third-order valence-electron chi connectivity index (χ3n) is 3.44. The number of nitro benzene ring substituents is 1. The van der Waals surface area contributed by atoms with Crippen LogP contribution in [-0.4, -0.2) is 32.1 Å². The number of hydrogen-bond donors (Lipinski definition) is 1. The van der Waals surface area contributed by atoms with Gasteiger partial charge in [0.05, 0.1) is 28.4 Å². The van der Waals surface area contributed by atoms with Crippen LogP contribution in [0.4, 0.5) is 11.4 Å². The van der Waals surface area contributed by atoms with Crippen LogP contribution in [0.5, 0.6) is 5.75 Å². The summed E-state index contributed by atoms with van der Waals surface area (Å²) >= 11 is 5.72. The maximum atomic E-state index is 12.2. The van der Waals surface area contributed by atoms with Gasteiger partial charge in [-0.3, -0.25) is 14.9 Å². The molecule has 0 aliphatic heterocycles. The highest BCUT2D eigenvalue weighted by Gasteiger charge is 2.18. The largest absolute Gasteiger partial charge is 0.495 e. The highest BCUT2D eigenvalue weighted by Crippen LogP contribution is 2.29. The fraction of sp³-hybridized carbons (Fsp3) is 0.188. The summed E-state index contributed by atoms with van der Waals surface area (Å²) in [5.74, 6) is -0.802. The quantitative estimate of drug-likeness (QED) is 0.566. The van der Waals surface area contributed by atoms with Crippen molar-refractivity contribution in [1.82, 2.24) is 0 Å². The fourth-order valence-corrected chi connectivity index (χ4v) is 3.47. The van der Waals surface area contributed by atoms with E-state index in [-0.39, 0.29) is 28.4 Å². The van der Waals surface area contributed by atoms with Crippen LogP contribution in [0.3, 0.4) is 0 Å². The van der Waals surface area contributed by atoms with Gasteiger partial charge in [0.25, 0.3) is 5.69 Å². The summed E-state index contributed by atoms with van der Waals surface area (Å²) in [6.45, 7) is 0. The number of benzene rings is 2. The molecule has 0 bridgehead atoms. The van der Waals surface area contributed by atoms with Gasteiger partial charge >= 0.3 is 0 Å². The Balaban J connectivity index is 2.08. The van der Waals surface area contributed by atoms with Crippen molar-refractivity contribution in [3.05, 3.63) is 57.6 Å². The Hall–Kier alpha value is -2.65. The number of nitro groups is 1. The number of amides is 1. The second-order valence-electron chi connectivity index (χ2n) is 5.21. The number of ether oxygens (including phenoxy) is 1. The molecule has 26 heavy (non-hydrogen) atoms. The molecule has 8 nitrogen and oxygen atoms in total. The van der Waals surface area contributed by atoms with E-state index < -0.39 is 26.4 Å². The summed E-state index contributed by atoms with van der Waals surface area (Å²) in [5, 5.41) is 13.7. The van der Waals surface area contributed by atoms with Gasteiger partial charge in [0.2, 0.25) is 5.91 Å². The Morgan fingerprint density at radius 3 is 2.46 bits per heavy atom. The fourth-order valence-electron chi connectivity index (χ4n) is 2.11. The lowest BCUT2D eigenvalue weighted by Gasteiger charge is -2.10. The number of sulfone groups is 1. The van der Waals surface area contributed by atoms with Crippen molar-refractivity contribution >= 4 is 38.7 Å². The molecule has 0 aromatic heterocycles. The van der Waals surface area contributed by atoms with E-state index in [1.807, 2.05) is 0 Å². The number of non-ortho nitro benzene ring substituents is 1. The molecular weight excluding hydrogens is 384 g/mol. The summed E-state index contributed by atoms with van der Waals surface area (Å²) in [6.07, 6.45) is -0.323. The minimum absolute atomic E-state index is 0.0580. The lowest BCUT2D eigenvalue weighted by Crippen LogP contribution is -2.18. The van der Waals surface area contributed by atoms with Crippen molar-refractivity contribution in [2.75, 3.05) is 18.2 Å². The van der Waals surface area contributed by atoms with Gasteiger partial charge in [-0.25, -0.2) is 8.42 Å². The van der Waals surface area contributed by atoms with Crippen molar-refractivity contribution < 1.29 is 22.9 Å². The molecule has 0 heterocycles. The predicted octanol–water partition coefficient (Wildman–Crippen LogP) is 3.06. The molecule has 1 N–H and O–H groups in total. The molecule has 2 rings (SSSR count). The number of halogens is 1. The number of methoxy groups -OCH3 is 1. The van der Waals surface area contributed by atoms with E-state index in [4.69, 9.17) is 16.3 Å². The number of nitrogens with one attached hydrogen (secondary N) is 1. The molecular formula is C16H15ClN2O6S. The Kier molecular flexibility index (Phi) is 6.17. The number of hydrogen-bond acceptors (Lipinski definition) is 6. The highest BCUT2D eigenvalue weighted by atomic mass is 35.5. The van der Waals surface area contributed by atoms with E-state index in [1.165, 1.54) is 43.5 Å². The van der Waals surface area contributed by atoms with Gasteiger partial charge in [0.1, 0.15) is 5.75 Å². The molecule has 0 spiro atoms. The third-order valence-corrected chi connectivity index (χ3v) is 5.42. The average molecular weight is 399 g/mol. The smallest absolute Gasteiger partial charge is 0.271 e. The molecule has 2 aromatic rings. The maximum Gasteiger partial charge on any atom is 0.271 e. The van der Waals surface area contributed by atoms with E-state index in [1.54, 1.807) is 0 Å². The van der Waals surface area contributed by atoms with Crippen molar-refractivity contribution in [3.63, 3.8) is 0 Å². The summed E-state index contributed by atoms with van der Waals surface area (Å²) in [7, 11) is -2.31. The SMILES string of the molecule is COc1ccc([N+](=O)[O-])cc1NC(=O)CCS(=O)(=O)c1ccc(Cl)cc1. The molecule has 138 valence electrons. The van der Waals surface area contributed by atoms with Crippen molar-refractivity contribution in [1.29, 1.82) is 0 Å². The minimum Gasteiger partial charge on any atom is -0.495 e. The van der Waals surface area contributed by atoms with Gasteiger partial charge < -0.3 is 10.1 Å². The number of rotatable bonds is 7. The molecule has 0 unspecified atom stereocenters. The number of nitrogens with zero attached hydrogens (tertiary/aromatic N) is 1. The predicted molar refractivity (Wildman–Crippen MR) is 96.4 cm³/mol. The van der Waals surface area contributed by atoms with Gasteiger partial charge in [-0.1, -0.05) is 11.6 Å². The van der Waals surface area contributed by atoms with Gasteiger partial charge in [-0.15, -0.1) is 0 Å². The lowest BCUT2D eigenvalue weighted by molar-refractivity contribution is -0.384. The molecule has 0 aliphatic carbocycles.